The van der Waals surface area contributed by atoms with Gasteiger partial charge in [-0.15, -0.1) is 0 Å². The van der Waals surface area contributed by atoms with Gasteiger partial charge in [-0.2, -0.15) is 0 Å². The molecule has 5 rings (SSSR count). The Bertz CT molecular complexity index is 1380. The van der Waals surface area contributed by atoms with E-state index in [0.29, 0.717) is 0 Å². The van der Waals surface area contributed by atoms with Gasteiger partial charge in [0, 0.05) is 21.8 Å². The van der Waals surface area contributed by atoms with Crippen LogP contribution in [0, 0.1) is 0 Å². The number of carbonyl (C=O) groups excluding carboxylic acids is 2. The van der Waals surface area contributed by atoms with Crippen LogP contribution in [0.15, 0.2) is 60.7 Å². The standard InChI is InChI=1S/C29H28N2O4/c1-3-7-18-11-13-24-22(15-18)23-16-19(8-4-2)12-14-25(23)30(24)17-26(29(34)35)31-27(32)20-9-5-6-10-21(20)28(31)33/h5-6,9-16,26H,3-4,7-8,17H2,1-2H3,(H,34,35). The van der Waals surface area contributed by atoms with Crippen molar-refractivity contribution < 1.29 is 19.5 Å². The van der Waals surface area contributed by atoms with Crippen LogP contribution in [0.5, 0.6) is 0 Å². The lowest BCUT2D eigenvalue weighted by atomic mass is 10.0. The molecule has 0 saturated heterocycles. The minimum absolute atomic E-state index is 0.0267. The third kappa shape index (κ3) is 3.79. The highest BCUT2D eigenvalue weighted by molar-refractivity contribution is 6.22. The van der Waals surface area contributed by atoms with Crippen molar-refractivity contribution in [2.75, 3.05) is 0 Å². The number of carboxylic acid groups (broad SMARTS) is 1. The molecule has 0 spiro atoms. The van der Waals surface area contributed by atoms with Crippen molar-refractivity contribution in [1.82, 2.24) is 9.47 Å². The van der Waals surface area contributed by atoms with Crippen LogP contribution < -0.4 is 0 Å². The number of aromatic nitrogens is 1. The minimum atomic E-state index is -1.33. The lowest BCUT2D eigenvalue weighted by Gasteiger charge is -2.24. The molecule has 178 valence electrons. The van der Waals surface area contributed by atoms with E-state index in [4.69, 9.17) is 0 Å². The summed E-state index contributed by atoms with van der Waals surface area (Å²) < 4.78 is 1.94. The van der Waals surface area contributed by atoms with Crippen LogP contribution in [0.25, 0.3) is 21.8 Å². The van der Waals surface area contributed by atoms with Crippen LogP contribution in [0.3, 0.4) is 0 Å². The Morgan fingerprint density at radius 3 is 1.71 bits per heavy atom. The molecule has 35 heavy (non-hydrogen) atoms. The quantitative estimate of drug-likeness (QED) is 0.349. The Kier molecular flexibility index (Phi) is 5.89. The van der Waals surface area contributed by atoms with Gasteiger partial charge in [0.25, 0.3) is 11.8 Å². The van der Waals surface area contributed by atoms with E-state index in [0.717, 1.165) is 52.4 Å². The summed E-state index contributed by atoms with van der Waals surface area (Å²) in [5, 5.41) is 12.3. The number of rotatable bonds is 8. The molecule has 1 aromatic heterocycles. The number of carboxylic acids is 1. The fourth-order valence-corrected chi connectivity index (χ4v) is 5.22. The predicted molar refractivity (Wildman–Crippen MR) is 136 cm³/mol. The fraction of sp³-hybridized carbons (Fsp3) is 0.276. The smallest absolute Gasteiger partial charge is 0.328 e. The van der Waals surface area contributed by atoms with E-state index in [1.165, 1.54) is 11.1 Å². The highest BCUT2D eigenvalue weighted by Crippen LogP contribution is 2.33. The summed E-state index contributed by atoms with van der Waals surface area (Å²) in [5.74, 6) is -2.33. The first-order chi connectivity index (χ1) is 16.9. The second-order valence-electron chi connectivity index (χ2n) is 9.19. The molecular formula is C29H28N2O4. The second kappa shape index (κ2) is 9.02. The average Bonchev–Trinajstić information content (AvgIpc) is 3.29. The first-order valence-electron chi connectivity index (χ1n) is 12.2. The van der Waals surface area contributed by atoms with Crippen molar-refractivity contribution in [3.63, 3.8) is 0 Å². The summed E-state index contributed by atoms with van der Waals surface area (Å²) in [7, 11) is 0. The van der Waals surface area contributed by atoms with Gasteiger partial charge in [-0.3, -0.25) is 14.5 Å². The number of hydrogen-bond donors (Lipinski definition) is 1. The molecule has 0 fully saturated rings. The van der Waals surface area contributed by atoms with Crippen molar-refractivity contribution in [3.8, 4) is 0 Å². The van der Waals surface area contributed by atoms with Gasteiger partial charge in [0.2, 0.25) is 0 Å². The summed E-state index contributed by atoms with van der Waals surface area (Å²) in [4.78, 5) is 39.5. The Labute approximate surface area is 203 Å². The lowest BCUT2D eigenvalue weighted by molar-refractivity contribution is -0.142. The second-order valence-corrected chi connectivity index (χ2v) is 9.19. The molecule has 1 aliphatic rings. The van der Waals surface area contributed by atoms with Crippen molar-refractivity contribution >= 4 is 39.6 Å². The Hall–Kier alpha value is -3.93. The van der Waals surface area contributed by atoms with E-state index >= 15 is 0 Å². The van der Waals surface area contributed by atoms with E-state index in [1.807, 2.05) is 16.7 Å². The topological polar surface area (TPSA) is 79.6 Å². The molecule has 6 heteroatoms. The predicted octanol–water partition coefficient (Wildman–Crippen LogP) is 5.45. The normalized spacial score (nSPS) is 14.2. The van der Waals surface area contributed by atoms with Crippen molar-refractivity contribution in [2.45, 2.75) is 52.1 Å². The largest absolute Gasteiger partial charge is 0.480 e. The Morgan fingerprint density at radius 2 is 1.29 bits per heavy atom. The zero-order valence-corrected chi connectivity index (χ0v) is 20.0. The van der Waals surface area contributed by atoms with E-state index in [1.54, 1.807) is 24.3 Å². The summed E-state index contributed by atoms with van der Waals surface area (Å²) in [6.07, 6.45) is 3.99. The number of benzene rings is 3. The minimum Gasteiger partial charge on any atom is -0.480 e. The van der Waals surface area contributed by atoms with Gasteiger partial charge in [-0.25, -0.2) is 4.79 Å². The maximum Gasteiger partial charge on any atom is 0.328 e. The van der Waals surface area contributed by atoms with Crippen LogP contribution >= 0.6 is 0 Å². The number of hydrogen-bond acceptors (Lipinski definition) is 3. The maximum absolute atomic E-state index is 13.1. The molecule has 0 bridgehead atoms. The number of fused-ring (bicyclic) bond motifs is 4. The molecule has 0 aliphatic carbocycles. The number of imide groups is 1. The fourth-order valence-electron chi connectivity index (χ4n) is 5.22. The molecular weight excluding hydrogens is 440 g/mol. The van der Waals surface area contributed by atoms with Crippen LogP contribution in [0.2, 0.25) is 0 Å². The molecule has 1 unspecified atom stereocenters. The Balaban J connectivity index is 1.64. The maximum atomic E-state index is 13.1. The monoisotopic (exact) mass is 468 g/mol. The van der Waals surface area contributed by atoms with Gasteiger partial charge in [0.05, 0.1) is 17.7 Å². The molecule has 1 N–H and O–H groups in total. The first-order valence-corrected chi connectivity index (χ1v) is 12.2. The van der Waals surface area contributed by atoms with Gasteiger partial charge in [0.1, 0.15) is 0 Å². The third-order valence-corrected chi connectivity index (χ3v) is 6.85. The SMILES string of the molecule is CCCc1ccc2c(c1)c1cc(CCC)ccc1n2CC(C(=O)O)N1C(=O)c2ccccc2C1=O. The summed E-state index contributed by atoms with van der Waals surface area (Å²) in [6.45, 7) is 4.26. The Morgan fingerprint density at radius 1 is 0.800 bits per heavy atom. The van der Waals surface area contributed by atoms with E-state index in [2.05, 4.69) is 38.1 Å². The average molecular weight is 469 g/mol. The van der Waals surface area contributed by atoms with E-state index in [-0.39, 0.29) is 17.7 Å². The van der Waals surface area contributed by atoms with Crippen LogP contribution in [-0.2, 0) is 24.2 Å². The van der Waals surface area contributed by atoms with E-state index < -0.39 is 23.8 Å². The highest BCUT2D eigenvalue weighted by atomic mass is 16.4. The van der Waals surface area contributed by atoms with Crippen molar-refractivity contribution in [3.05, 3.63) is 82.9 Å². The number of amides is 2. The van der Waals surface area contributed by atoms with Gasteiger partial charge in [0.15, 0.2) is 6.04 Å². The zero-order valence-electron chi connectivity index (χ0n) is 20.0. The molecule has 2 heterocycles. The summed E-state index contributed by atoms with van der Waals surface area (Å²) in [6, 6.07) is 17.7. The number of carbonyl (C=O) groups is 3. The van der Waals surface area contributed by atoms with Gasteiger partial charge in [-0.05, 0) is 60.4 Å². The van der Waals surface area contributed by atoms with Gasteiger partial charge < -0.3 is 9.67 Å². The lowest BCUT2D eigenvalue weighted by Crippen LogP contribution is -2.47. The van der Waals surface area contributed by atoms with Crippen molar-refractivity contribution in [2.24, 2.45) is 0 Å². The number of nitrogens with zero attached hydrogens (tertiary/aromatic N) is 2. The molecule has 2 amide bonds. The summed E-state index contributed by atoms with van der Waals surface area (Å²) >= 11 is 0. The third-order valence-electron chi connectivity index (χ3n) is 6.85. The molecule has 1 aliphatic heterocycles. The summed E-state index contributed by atoms with van der Waals surface area (Å²) in [5.41, 5.74) is 4.76. The van der Waals surface area contributed by atoms with Gasteiger partial charge in [-0.1, -0.05) is 51.0 Å². The van der Waals surface area contributed by atoms with Crippen molar-refractivity contribution in [1.29, 1.82) is 0 Å². The molecule has 4 aromatic rings. The highest BCUT2D eigenvalue weighted by Gasteiger charge is 2.43. The van der Waals surface area contributed by atoms with Crippen LogP contribution in [0.4, 0.5) is 0 Å². The number of aliphatic carboxylic acids is 1. The molecule has 3 aromatic carbocycles. The zero-order chi connectivity index (χ0) is 24.7. The molecule has 0 saturated carbocycles. The first kappa shape index (κ1) is 22.8. The molecule has 0 radical (unpaired) electrons. The van der Waals surface area contributed by atoms with E-state index in [9.17, 15) is 19.5 Å². The molecule has 1 atom stereocenters. The molecule has 6 nitrogen and oxygen atoms in total. The number of aryl methyl sites for hydroxylation is 2. The van der Waals surface area contributed by atoms with Crippen LogP contribution in [-0.4, -0.2) is 38.4 Å². The van der Waals surface area contributed by atoms with Gasteiger partial charge >= 0.3 is 5.97 Å². The van der Waals surface area contributed by atoms with Crippen LogP contribution in [0.1, 0.15) is 58.5 Å².